The number of hydrogen-bond acceptors (Lipinski definition) is 5. The summed E-state index contributed by atoms with van der Waals surface area (Å²) < 4.78 is 18.1. The van der Waals surface area contributed by atoms with Crippen molar-refractivity contribution in [3.63, 3.8) is 0 Å². The van der Waals surface area contributed by atoms with Crippen LogP contribution in [0, 0.1) is 15.9 Å². The van der Waals surface area contributed by atoms with Crippen LogP contribution in [-0.2, 0) is 4.79 Å². The van der Waals surface area contributed by atoms with Gasteiger partial charge in [0.15, 0.2) is 0 Å². The van der Waals surface area contributed by atoms with E-state index in [0.717, 1.165) is 0 Å². The Hall–Kier alpha value is -3.16. The fraction of sp³-hybridized carbons (Fsp3) is 0.235. The standard InChI is InChI=1S/C17H18FN3O4/c18-13-5-7-14(8-6-13)25-12-9-17(22)20-11-10-19-15-3-1-2-4-16(15)21(23)24/h1-8,19H,9-12H2,(H,20,22). The van der Waals surface area contributed by atoms with Gasteiger partial charge < -0.3 is 15.4 Å². The highest BCUT2D eigenvalue weighted by Crippen LogP contribution is 2.22. The van der Waals surface area contributed by atoms with Crippen LogP contribution in [0.4, 0.5) is 15.8 Å². The van der Waals surface area contributed by atoms with E-state index in [4.69, 9.17) is 4.74 Å². The molecule has 0 atom stereocenters. The van der Waals surface area contributed by atoms with E-state index in [0.29, 0.717) is 24.5 Å². The molecule has 8 heteroatoms. The highest BCUT2D eigenvalue weighted by atomic mass is 19.1. The monoisotopic (exact) mass is 347 g/mol. The van der Waals surface area contributed by atoms with Gasteiger partial charge in [0.1, 0.15) is 17.3 Å². The van der Waals surface area contributed by atoms with Crippen molar-refractivity contribution in [2.75, 3.05) is 25.0 Å². The van der Waals surface area contributed by atoms with Crippen molar-refractivity contribution in [3.8, 4) is 5.75 Å². The predicted octanol–water partition coefficient (Wildman–Crippen LogP) is 2.73. The number of amides is 1. The van der Waals surface area contributed by atoms with Gasteiger partial charge in [0.2, 0.25) is 5.91 Å². The SMILES string of the molecule is O=C(CCOc1ccc(F)cc1)NCCNc1ccccc1[N+](=O)[O-]. The molecule has 0 aliphatic carbocycles. The van der Waals surface area contributed by atoms with Crippen molar-refractivity contribution in [2.45, 2.75) is 6.42 Å². The zero-order valence-corrected chi connectivity index (χ0v) is 13.4. The van der Waals surface area contributed by atoms with Gasteiger partial charge in [-0.3, -0.25) is 14.9 Å². The average molecular weight is 347 g/mol. The molecular formula is C17H18FN3O4. The number of para-hydroxylation sites is 2. The normalized spacial score (nSPS) is 10.1. The van der Waals surface area contributed by atoms with Crippen LogP contribution in [0.25, 0.3) is 0 Å². The number of benzene rings is 2. The van der Waals surface area contributed by atoms with Crippen LogP contribution in [0.15, 0.2) is 48.5 Å². The van der Waals surface area contributed by atoms with Crippen LogP contribution in [-0.4, -0.2) is 30.5 Å². The molecule has 2 aromatic carbocycles. The summed E-state index contributed by atoms with van der Waals surface area (Å²) in [5.41, 5.74) is 0.392. The lowest BCUT2D eigenvalue weighted by atomic mass is 10.2. The number of nitrogens with zero attached hydrogens (tertiary/aromatic N) is 1. The van der Waals surface area contributed by atoms with Crippen molar-refractivity contribution in [3.05, 3.63) is 64.5 Å². The molecule has 0 aliphatic heterocycles. The number of anilines is 1. The van der Waals surface area contributed by atoms with Gasteiger partial charge in [0.25, 0.3) is 5.69 Å². The first-order chi connectivity index (χ1) is 12.1. The molecule has 0 spiro atoms. The van der Waals surface area contributed by atoms with Gasteiger partial charge in [-0.15, -0.1) is 0 Å². The Morgan fingerprint density at radius 2 is 1.84 bits per heavy atom. The molecule has 7 nitrogen and oxygen atoms in total. The summed E-state index contributed by atoms with van der Waals surface area (Å²) in [6.45, 7) is 0.853. The van der Waals surface area contributed by atoms with Crippen LogP contribution in [0.1, 0.15) is 6.42 Å². The van der Waals surface area contributed by atoms with Gasteiger partial charge in [-0.25, -0.2) is 4.39 Å². The minimum Gasteiger partial charge on any atom is -0.493 e. The maximum absolute atomic E-state index is 12.7. The number of nitrogens with one attached hydrogen (secondary N) is 2. The minimum absolute atomic E-state index is 0.0125. The maximum atomic E-state index is 12.7. The number of ether oxygens (including phenoxy) is 1. The zero-order valence-electron chi connectivity index (χ0n) is 13.4. The molecular weight excluding hydrogens is 329 g/mol. The summed E-state index contributed by atoms with van der Waals surface area (Å²) in [7, 11) is 0. The van der Waals surface area contributed by atoms with Gasteiger partial charge in [-0.05, 0) is 30.3 Å². The van der Waals surface area contributed by atoms with E-state index >= 15 is 0 Å². The molecule has 0 fully saturated rings. The highest BCUT2D eigenvalue weighted by Gasteiger charge is 2.11. The summed E-state index contributed by atoms with van der Waals surface area (Å²) in [5, 5.41) is 16.5. The molecule has 0 aliphatic rings. The van der Waals surface area contributed by atoms with Crippen LogP contribution < -0.4 is 15.4 Å². The first-order valence-electron chi connectivity index (χ1n) is 7.68. The largest absolute Gasteiger partial charge is 0.493 e. The van der Waals surface area contributed by atoms with Gasteiger partial charge >= 0.3 is 0 Å². The number of hydrogen-bond donors (Lipinski definition) is 2. The Morgan fingerprint density at radius 1 is 1.12 bits per heavy atom. The molecule has 0 aromatic heterocycles. The number of carbonyl (C=O) groups excluding carboxylic acids is 1. The van der Waals surface area contributed by atoms with E-state index in [-0.39, 0.29) is 30.4 Å². The van der Waals surface area contributed by atoms with Gasteiger partial charge in [-0.1, -0.05) is 12.1 Å². The maximum Gasteiger partial charge on any atom is 0.292 e. The van der Waals surface area contributed by atoms with E-state index in [1.54, 1.807) is 18.2 Å². The zero-order chi connectivity index (χ0) is 18.1. The Balaban J connectivity index is 1.64. The predicted molar refractivity (Wildman–Crippen MR) is 91.1 cm³/mol. The van der Waals surface area contributed by atoms with Crippen molar-refractivity contribution in [1.82, 2.24) is 5.32 Å². The molecule has 1 amide bonds. The first kappa shape index (κ1) is 18.2. The third kappa shape index (κ3) is 6.09. The molecule has 132 valence electrons. The molecule has 0 heterocycles. The lowest BCUT2D eigenvalue weighted by Gasteiger charge is -2.09. The molecule has 2 N–H and O–H groups in total. The second-order valence-electron chi connectivity index (χ2n) is 5.10. The number of halogens is 1. The molecule has 2 aromatic rings. The molecule has 25 heavy (non-hydrogen) atoms. The number of nitro benzene ring substituents is 1. The van der Waals surface area contributed by atoms with E-state index in [9.17, 15) is 19.3 Å². The minimum atomic E-state index is -0.465. The average Bonchev–Trinajstić information content (AvgIpc) is 2.60. The van der Waals surface area contributed by atoms with Gasteiger partial charge in [0.05, 0.1) is 18.0 Å². The molecule has 0 unspecified atom stereocenters. The van der Waals surface area contributed by atoms with Crippen molar-refractivity contribution >= 4 is 17.3 Å². The summed E-state index contributed by atoms with van der Waals surface area (Å²) in [5.74, 6) is -0.0602. The Kier molecular flexibility index (Phi) is 6.70. The topological polar surface area (TPSA) is 93.5 Å². The smallest absolute Gasteiger partial charge is 0.292 e. The third-order valence-corrected chi connectivity index (χ3v) is 3.27. The van der Waals surface area contributed by atoms with Gasteiger partial charge in [-0.2, -0.15) is 0 Å². The molecule has 0 radical (unpaired) electrons. The lowest BCUT2D eigenvalue weighted by Crippen LogP contribution is -2.29. The van der Waals surface area contributed by atoms with Crippen molar-refractivity contribution in [2.24, 2.45) is 0 Å². The number of carbonyl (C=O) groups is 1. The first-order valence-corrected chi connectivity index (χ1v) is 7.68. The third-order valence-electron chi connectivity index (χ3n) is 3.27. The van der Waals surface area contributed by atoms with Crippen LogP contribution >= 0.6 is 0 Å². The van der Waals surface area contributed by atoms with Crippen molar-refractivity contribution < 1.29 is 18.8 Å². The molecule has 2 rings (SSSR count). The quantitative estimate of drug-likeness (QED) is 0.413. The summed E-state index contributed by atoms with van der Waals surface area (Å²) >= 11 is 0. The van der Waals surface area contributed by atoms with E-state index in [2.05, 4.69) is 10.6 Å². The highest BCUT2D eigenvalue weighted by molar-refractivity contribution is 5.76. The summed E-state index contributed by atoms with van der Waals surface area (Å²) in [4.78, 5) is 22.1. The van der Waals surface area contributed by atoms with E-state index in [1.807, 2.05) is 0 Å². The Bertz CT molecular complexity index is 722. The fourth-order valence-corrected chi connectivity index (χ4v) is 2.06. The fourth-order valence-electron chi connectivity index (χ4n) is 2.06. The molecule has 0 bridgehead atoms. The lowest BCUT2D eigenvalue weighted by molar-refractivity contribution is -0.384. The van der Waals surface area contributed by atoms with E-state index < -0.39 is 4.92 Å². The summed E-state index contributed by atoms with van der Waals surface area (Å²) in [6, 6.07) is 11.8. The molecule has 0 saturated carbocycles. The van der Waals surface area contributed by atoms with Crippen LogP contribution in [0.2, 0.25) is 0 Å². The summed E-state index contributed by atoms with van der Waals surface area (Å²) in [6.07, 6.45) is 0.156. The Morgan fingerprint density at radius 3 is 2.56 bits per heavy atom. The second kappa shape index (κ2) is 9.21. The number of rotatable bonds is 9. The van der Waals surface area contributed by atoms with Crippen molar-refractivity contribution in [1.29, 1.82) is 0 Å². The van der Waals surface area contributed by atoms with Crippen LogP contribution in [0.3, 0.4) is 0 Å². The molecule has 0 saturated heterocycles. The number of nitro groups is 1. The Labute approximate surface area is 144 Å². The van der Waals surface area contributed by atoms with Crippen LogP contribution in [0.5, 0.6) is 5.75 Å². The second-order valence-corrected chi connectivity index (χ2v) is 5.10. The van der Waals surface area contributed by atoms with Gasteiger partial charge in [0, 0.05) is 19.2 Å². The van der Waals surface area contributed by atoms with E-state index in [1.165, 1.54) is 30.3 Å².